The molecule has 0 saturated carbocycles. The van der Waals surface area contributed by atoms with E-state index in [0.29, 0.717) is 17.7 Å². The van der Waals surface area contributed by atoms with Gasteiger partial charge < -0.3 is 81.8 Å². The van der Waals surface area contributed by atoms with Crippen LogP contribution in [-0.4, -0.2) is 166 Å². The summed E-state index contributed by atoms with van der Waals surface area (Å²) in [6.45, 7) is 12.8. The van der Waals surface area contributed by atoms with Crippen molar-refractivity contribution < 1.29 is 84.8 Å². The largest absolute Gasteiger partial charge is 0.481 e. The van der Waals surface area contributed by atoms with E-state index in [1.54, 1.807) is 65.0 Å². The van der Waals surface area contributed by atoms with Gasteiger partial charge in [0.15, 0.2) is 11.7 Å². The van der Waals surface area contributed by atoms with Crippen molar-refractivity contribution in [2.75, 3.05) is 6.54 Å². The SMILES string of the molecule is C/C1=C/C=C/C(C)C(O)C(C)C(O)C(C)C(O)CCCC(O)CC2(O)OC(CC(OC(=O)CC(=O)O)CC(O)CC(O)CC(O)/C(C)=C/C=C/C(C)C(C(C)CCC/C=C/CCCN=C(N)N)OC1=O)CC(O)C2O. The molecule has 0 aromatic carbocycles. The highest BCUT2D eigenvalue weighted by molar-refractivity contribution is 5.90. The molecule has 0 spiro atoms. The zero-order valence-corrected chi connectivity index (χ0v) is 45.2. The van der Waals surface area contributed by atoms with E-state index in [1.807, 2.05) is 19.9 Å². The van der Waals surface area contributed by atoms with Gasteiger partial charge in [-0.1, -0.05) is 83.2 Å². The quantitative estimate of drug-likeness (QED) is 0.0333. The molecule has 0 aliphatic carbocycles. The molecule has 2 rings (SSSR count). The summed E-state index contributed by atoms with van der Waals surface area (Å²) < 4.78 is 17.4. The molecule has 18 unspecified atom stereocenters. The second-order valence-corrected chi connectivity index (χ2v) is 21.3. The molecule has 2 aliphatic heterocycles. The molecule has 0 aromatic heterocycles. The number of carbonyl (C=O) groups excluding carboxylic acids is 2. The predicted molar refractivity (Wildman–Crippen MR) is 282 cm³/mol. The summed E-state index contributed by atoms with van der Waals surface area (Å²) in [4.78, 5) is 41.5. The first-order valence-corrected chi connectivity index (χ1v) is 26.7. The van der Waals surface area contributed by atoms with E-state index >= 15 is 0 Å². The number of ether oxygens (including phenoxy) is 3. The molecule has 2 aliphatic rings. The van der Waals surface area contributed by atoms with Crippen LogP contribution in [0.5, 0.6) is 0 Å². The lowest BCUT2D eigenvalue weighted by atomic mass is 9.81. The zero-order valence-electron chi connectivity index (χ0n) is 45.2. The molecule has 0 amide bonds. The fraction of sp³-hybridized carbons (Fsp3) is 0.745. The van der Waals surface area contributed by atoms with Crippen LogP contribution >= 0.6 is 0 Å². The van der Waals surface area contributed by atoms with Crippen molar-refractivity contribution in [2.45, 2.75) is 224 Å². The molecular formula is C55H93N3O17. The second kappa shape index (κ2) is 34.0. The topological polar surface area (TPSA) is 366 Å². The van der Waals surface area contributed by atoms with E-state index in [4.69, 9.17) is 25.7 Å². The molecule has 15 N–H and O–H groups in total. The van der Waals surface area contributed by atoms with Crippen molar-refractivity contribution in [1.82, 2.24) is 0 Å². The number of aliphatic carboxylic acids is 1. The van der Waals surface area contributed by atoms with Gasteiger partial charge in [0, 0.05) is 67.9 Å². The lowest BCUT2D eigenvalue weighted by Gasteiger charge is -2.45. The minimum absolute atomic E-state index is 0.00814. The second-order valence-electron chi connectivity index (χ2n) is 21.3. The number of rotatable bonds is 12. The number of cyclic esters (lactones) is 1. The molecule has 2 bridgehead atoms. The van der Waals surface area contributed by atoms with E-state index in [0.717, 1.165) is 32.1 Å². The first-order valence-electron chi connectivity index (χ1n) is 26.7. The number of hydrogen-bond donors (Lipinski definition) is 13. The van der Waals surface area contributed by atoms with Crippen LogP contribution in [0.2, 0.25) is 0 Å². The summed E-state index contributed by atoms with van der Waals surface area (Å²) in [5, 5.41) is 120. The van der Waals surface area contributed by atoms with Crippen LogP contribution in [0, 0.1) is 29.6 Å². The molecule has 2 heterocycles. The van der Waals surface area contributed by atoms with E-state index in [1.165, 1.54) is 0 Å². The number of aliphatic imine (C=N–C) groups is 1. The third kappa shape index (κ3) is 24.9. The third-order valence-electron chi connectivity index (χ3n) is 14.4. The van der Waals surface area contributed by atoms with Gasteiger partial charge in [-0.15, -0.1) is 0 Å². The number of nitrogens with zero attached hydrogens (tertiary/aromatic N) is 1. The van der Waals surface area contributed by atoms with Crippen molar-refractivity contribution in [3.05, 3.63) is 59.8 Å². The number of esters is 2. The van der Waals surface area contributed by atoms with Gasteiger partial charge >= 0.3 is 17.9 Å². The van der Waals surface area contributed by atoms with Crippen LogP contribution < -0.4 is 11.5 Å². The summed E-state index contributed by atoms with van der Waals surface area (Å²) in [6, 6.07) is 0. The minimum Gasteiger partial charge on any atom is -0.481 e. The van der Waals surface area contributed by atoms with Gasteiger partial charge in [-0.3, -0.25) is 14.6 Å². The van der Waals surface area contributed by atoms with Gasteiger partial charge in [-0.25, -0.2) is 4.79 Å². The molecule has 20 nitrogen and oxygen atoms in total. The van der Waals surface area contributed by atoms with Gasteiger partial charge in [-0.05, 0) is 83.1 Å². The van der Waals surface area contributed by atoms with E-state index < -0.39 is 128 Å². The Kier molecular flexibility index (Phi) is 30.4. The Balaban J connectivity index is 2.45. The highest BCUT2D eigenvalue weighted by Gasteiger charge is 2.49. The highest BCUT2D eigenvalue weighted by Crippen LogP contribution is 2.36. The lowest BCUT2D eigenvalue weighted by Crippen LogP contribution is -2.59. The Labute approximate surface area is 443 Å². The number of nitrogens with two attached hydrogens (primary N) is 2. The van der Waals surface area contributed by atoms with Crippen LogP contribution in [0.4, 0.5) is 0 Å². The molecule has 75 heavy (non-hydrogen) atoms. The maximum Gasteiger partial charge on any atom is 0.334 e. The maximum atomic E-state index is 13.6. The Morgan fingerprint density at radius 1 is 0.800 bits per heavy atom. The van der Waals surface area contributed by atoms with Gasteiger partial charge in [0.25, 0.3) is 0 Å². The summed E-state index contributed by atoms with van der Waals surface area (Å²) >= 11 is 0. The molecule has 0 aromatic rings. The van der Waals surface area contributed by atoms with Crippen LogP contribution in [0.3, 0.4) is 0 Å². The Hall–Kier alpha value is -4.06. The van der Waals surface area contributed by atoms with Crippen LogP contribution in [-0.2, 0) is 28.6 Å². The van der Waals surface area contributed by atoms with Crippen molar-refractivity contribution in [3.8, 4) is 0 Å². The fourth-order valence-electron chi connectivity index (χ4n) is 9.65. The van der Waals surface area contributed by atoms with E-state index in [-0.39, 0.29) is 69.2 Å². The number of fused-ring (bicyclic) bond motifs is 2. The molecule has 20 heteroatoms. The Morgan fingerprint density at radius 3 is 2.08 bits per heavy atom. The average molecular weight is 1070 g/mol. The maximum absolute atomic E-state index is 13.6. The Bertz CT molecular complexity index is 1910. The number of hydrogen-bond acceptors (Lipinski definition) is 17. The van der Waals surface area contributed by atoms with Gasteiger partial charge in [0.2, 0.25) is 0 Å². The van der Waals surface area contributed by atoms with Crippen LogP contribution in [0.25, 0.3) is 0 Å². The Morgan fingerprint density at radius 2 is 1.43 bits per heavy atom. The normalized spacial score (nSPS) is 38.0. The molecule has 0 radical (unpaired) electrons. The molecule has 1 saturated heterocycles. The van der Waals surface area contributed by atoms with Crippen LogP contribution in [0.15, 0.2) is 64.7 Å². The number of guanidine groups is 1. The predicted octanol–water partition coefficient (Wildman–Crippen LogP) is 3.11. The number of unbranched alkanes of at least 4 members (excludes halogenated alkanes) is 2. The summed E-state index contributed by atoms with van der Waals surface area (Å²) in [5.41, 5.74) is 11.6. The standard InChI is InChI=1S/C55H93N3O17/c1-32-18-14-20-35(4)51(34(3)17-12-10-8-9-11-13-24-58-54(56)57)74-53(71)36(5)21-15-19-33(2)49(68)38(7)50(69)37(6)44(62)23-16-22-39(59)31-55(72)52(70)46(64)29-43(75-55)28-42(73-48(67)30-47(65)66)26-40(60)25-41(61)27-45(32)63/h8-9,14-15,18-21,33-35,37-46,49-52,59-64,68-70,72H,10-13,16-17,22-31H2,1-7H3,(H,65,66)(H4,56,57,58)/b9-8+,19-15+,20-14+,32-18+,36-21-. The van der Waals surface area contributed by atoms with Crippen LogP contribution in [0.1, 0.15) is 145 Å². The molecular weight excluding hydrogens is 975 g/mol. The third-order valence-corrected chi connectivity index (χ3v) is 14.4. The number of allylic oxidation sites excluding steroid dienone is 6. The van der Waals surface area contributed by atoms with Crippen molar-refractivity contribution in [2.24, 2.45) is 46.0 Å². The first-order chi connectivity index (χ1) is 35.1. The van der Waals surface area contributed by atoms with Gasteiger partial charge in [-0.2, -0.15) is 0 Å². The first kappa shape index (κ1) is 67.1. The monoisotopic (exact) mass is 1070 g/mol. The zero-order chi connectivity index (χ0) is 56.6. The summed E-state index contributed by atoms with van der Waals surface area (Å²) in [7, 11) is 0. The van der Waals surface area contributed by atoms with Crippen molar-refractivity contribution >= 4 is 23.9 Å². The summed E-state index contributed by atoms with van der Waals surface area (Å²) in [6.07, 6.45) is 0.840. The number of aliphatic hydroxyl groups is 10. The van der Waals surface area contributed by atoms with E-state index in [9.17, 15) is 70.6 Å². The fourth-order valence-corrected chi connectivity index (χ4v) is 9.65. The number of aliphatic hydroxyl groups excluding tert-OH is 9. The van der Waals surface area contributed by atoms with Crippen molar-refractivity contribution in [1.29, 1.82) is 0 Å². The number of carbonyl (C=O) groups is 3. The molecule has 430 valence electrons. The minimum atomic E-state index is -2.51. The summed E-state index contributed by atoms with van der Waals surface area (Å²) in [5.74, 6) is -7.87. The van der Waals surface area contributed by atoms with E-state index in [2.05, 4.69) is 17.1 Å². The van der Waals surface area contributed by atoms with Gasteiger partial charge in [0.05, 0.1) is 54.9 Å². The van der Waals surface area contributed by atoms with Crippen molar-refractivity contribution in [3.63, 3.8) is 0 Å². The molecule has 1 fully saturated rings. The number of carboxylic acids is 1. The smallest absolute Gasteiger partial charge is 0.334 e. The number of carboxylic acid groups (broad SMARTS) is 1. The molecule has 18 atom stereocenters. The average Bonchev–Trinajstić information content (AvgIpc) is 3.31. The van der Waals surface area contributed by atoms with Gasteiger partial charge in [0.1, 0.15) is 24.7 Å². The highest BCUT2D eigenvalue weighted by atomic mass is 16.7. The lowest BCUT2D eigenvalue weighted by molar-refractivity contribution is -0.332.